The van der Waals surface area contributed by atoms with Crippen molar-refractivity contribution in [1.29, 1.82) is 0 Å². The zero-order valence-corrected chi connectivity index (χ0v) is 18.6. The van der Waals surface area contributed by atoms with Gasteiger partial charge in [-0.1, -0.05) is 0 Å². The average Bonchev–Trinajstić information content (AvgIpc) is 3.04. The minimum absolute atomic E-state index is 0.192. The Morgan fingerprint density at radius 3 is 2.13 bits per heavy atom. The predicted molar refractivity (Wildman–Crippen MR) is 119 cm³/mol. The zero-order chi connectivity index (χ0) is 22.3. The maximum atomic E-state index is 12.4. The molecule has 2 N–H and O–H groups in total. The zero-order valence-electron chi connectivity index (χ0n) is 17.0. The van der Waals surface area contributed by atoms with E-state index in [1.165, 1.54) is 7.11 Å². The Bertz CT molecular complexity index is 953. The molecule has 10 heteroatoms. The summed E-state index contributed by atoms with van der Waals surface area (Å²) in [6.45, 7) is 5.47. The van der Waals surface area contributed by atoms with Crippen LogP contribution in [0, 0.1) is 6.92 Å². The monoisotopic (exact) mass is 450 g/mol. The van der Waals surface area contributed by atoms with Crippen LogP contribution in [0.4, 0.5) is 10.7 Å². The highest BCUT2D eigenvalue weighted by atomic mass is 32.1. The van der Waals surface area contributed by atoms with E-state index in [0.29, 0.717) is 26.7 Å². The van der Waals surface area contributed by atoms with Crippen LogP contribution in [0.5, 0.6) is 0 Å². The summed E-state index contributed by atoms with van der Waals surface area (Å²) < 4.78 is 14.8. The Morgan fingerprint density at radius 2 is 1.57 bits per heavy atom. The number of thiophene rings is 1. The van der Waals surface area contributed by atoms with Crippen molar-refractivity contribution < 1.29 is 28.6 Å². The highest BCUT2D eigenvalue weighted by molar-refractivity contribution is 7.80. The molecule has 2 aromatic rings. The van der Waals surface area contributed by atoms with Crippen LogP contribution in [0.25, 0.3) is 0 Å². The Morgan fingerprint density at radius 1 is 0.967 bits per heavy atom. The third kappa shape index (κ3) is 5.55. The fourth-order valence-corrected chi connectivity index (χ4v) is 3.89. The highest BCUT2D eigenvalue weighted by Crippen LogP contribution is 2.34. The molecule has 0 unspecified atom stereocenters. The first-order valence-corrected chi connectivity index (χ1v) is 10.3. The molecular weight excluding hydrogens is 428 g/mol. The number of ether oxygens (including phenoxy) is 3. The fraction of sp³-hybridized carbons (Fsp3) is 0.300. The lowest BCUT2D eigenvalue weighted by atomic mass is 10.1. The van der Waals surface area contributed by atoms with Crippen molar-refractivity contribution in [3.8, 4) is 0 Å². The minimum Gasteiger partial charge on any atom is -0.465 e. The normalized spacial score (nSPS) is 10.1. The van der Waals surface area contributed by atoms with Crippen molar-refractivity contribution in [2.75, 3.05) is 31.0 Å². The van der Waals surface area contributed by atoms with Gasteiger partial charge in [0, 0.05) is 5.69 Å². The van der Waals surface area contributed by atoms with Gasteiger partial charge in [0.1, 0.15) is 9.88 Å². The topological polar surface area (TPSA) is 103 Å². The summed E-state index contributed by atoms with van der Waals surface area (Å²) in [5, 5.41) is 6.48. The molecule has 0 spiro atoms. The van der Waals surface area contributed by atoms with Gasteiger partial charge in [-0.15, -0.1) is 11.3 Å². The molecule has 0 amide bonds. The van der Waals surface area contributed by atoms with Crippen molar-refractivity contribution >= 4 is 57.3 Å². The van der Waals surface area contributed by atoms with Crippen LogP contribution in [0.3, 0.4) is 0 Å². The van der Waals surface area contributed by atoms with Gasteiger partial charge in [0.2, 0.25) is 0 Å². The quantitative estimate of drug-likeness (QED) is 0.368. The SMILES string of the molecule is CCOC(=O)c1sc(NC(=S)Nc2ccc(C(=O)OC)cc2)c(C(=O)OCC)c1C. The van der Waals surface area contributed by atoms with E-state index in [1.807, 2.05) is 0 Å². The van der Waals surface area contributed by atoms with Gasteiger partial charge >= 0.3 is 17.9 Å². The van der Waals surface area contributed by atoms with Crippen molar-refractivity contribution in [3.05, 3.63) is 45.8 Å². The van der Waals surface area contributed by atoms with Gasteiger partial charge in [-0.05, 0) is 62.8 Å². The second kappa shape index (κ2) is 10.7. The summed E-state index contributed by atoms with van der Waals surface area (Å²) in [4.78, 5) is 36.5. The van der Waals surface area contributed by atoms with E-state index in [9.17, 15) is 14.4 Å². The van der Waals surface area contributed by atoms with E-state index in [1.54, 1.807) is 45.0 Å². The van der Waals surface area contributed by atoms with Gasteiger partial charge < -0.3 is 24.8 Å². The number of anilines is 2. The number of hydrogen-bond donors (Lipinski definition) is 2. The van der Waals surface area contributed by atoms with Gasteiger partial charge in [-0.25, -0.2) is 14.4 Å². The molecular formula is C20H22N2O6S2. The van der Waals surface area contributed by atoms with E-state index in [4.69, 9.17) is 21.7 Å². The number of thiocarbonyl (C=S) groups is 1. The Labute approximate surface area is 183 Å². The lowest BCUT2D eigenvalue weighted by Gasteiger charge is -2.11. The molecule has 1 aromatic carbocycles. The van der Waals surface area contributed by atoms with Crippen LogP contribution in [0.1, 0.15) is 49.8 Å². The molecule has 2 rings (SSSR count). The van der Waals surface area contributed by atoms with Gasteiger partial charge in [-0.2, -0.15) is 0 Å². The number of hydrogen-bond acceptors (Lipinski definition) is 8. The fourth-order valence-electron chi connectivity index (χ4n) is 2.51. The second-order valence-corrected chi connectivity index (χ2v) is 7.28. The van der Waals surface area contributed by atoms with E-state index < -0.39 is 17.9 Å². The summed E-state index contributed by atoms with van der Waals surface area (Å²) in [7, 11) is 1.31. The maximum absolute atomic E-state index is 12.4. The molecule has 160 valence electrons. The Balaban J connectivity index is 2.24. The average molecular weight is 451 g/mol. The lowest BCUT2D eigenvalue weighted by Crippen LogP contribution is -2.20. The number of esters is 3. The van der Waals surface area contributed by atoms with E-state index in [2.05, 4.69) is 15.4 Å². The van der Waals surface area contributed by atoms with E-state index in [-0.39, 0.29) is 23.9 Å². The Hall–Kier alpha value is -2.98. The van der Waals surface area contributed by atoms with E-state index in [0.717, 1.165) is 11.3 Å². The molecule has 0 fully saturated rings. The third-order valence-corrected chi connectivity index (χ3v) is 5.27. The van der Waals surface area contributed by atoms with Crippen molar-refractivity contribution in [2.24, 2.45) is 0 Å². The molecule has 0 aliphatic carbocycles. The van der Waals surface area contributed by atoms with Gasteiger partial charge in [0.15, 0.2) is 5.11 Å². The third-order valence-electron chi connectivity index (χ3n) is 3.88. The highest BCUT2D eigenvalue weighted by Gasteiger charge is 2.26. The molecule has 0 aliphatic rings. The molecule has 0 atom stereocenters. The standard InChI is InChI=1S/C20H22N2O6S2/c1-5-27-18(24)14-11(3)15(19(25)28-6-2)30-16(14)22-20(29)21-13-9-7-12(8-10-13)17(23)26-4/h7-10H,5-6H2,1-4H3,(H2,21,22,29). The van der Waals surface area contributed by atoms with Crippen molar-refractivity contribution in [1.82, 2.24) is 0 Å². The number of benzene rings is 1. The van der Waals surface area contributed by atoms with Crippen LogP contribution < -0.4 is 10.6 Å². The first kappa shape index (κ1) is 23.3. The molecule has 0 saturated carbocycles. The number of nitrogens with one attached hydrogen (secondary N) is 2. The summed E-state index contributed by atoms with van der Waals surface area (Å²) in [6.07, 6.45) is 0. The first-order chi connectivity index (χ1) is 14.3. The number of methoxy groups -OCH3 is 1. The van der Waals surface area contributed by atoms with Gasteiger partial charge in [-0.3, -0.25) is 0 Å². The first-order valence-electron chi connectivity index (χ1n) is 9.06. The molecule has 0 radical (unpaired) electrons. The largest absolute Gasteiger partial charge is 0.465 e. The molecule has 0 bridgehead atoms. The van der Waals surface area contributed by atoms with Crippen LogP contribution in [-0.2, 0) is 14.2 Å². The van der Waals surface area contributed by atoms with Crippen molar-refractivity contribution in [2.45, 2.75) is 20.8 Å². The maximum Gasteiger partial charge on any atom is 0.348 e. The van der Waals surface area contributed by atoms with Crippen LogP contribution in [-0.4, -0.2) is 43.3 Å². The lowest BCUT2D eigenvalue weighted by molar-refractivity contribution is 0.0526. The van der Waals surface area contributed by atoms with Crippen LogP contribution >= 0.6 is 23.6 Å². The van der Waals surface area contributed by atoms with Gasteiger partial charge in [0.05, 0.1) is 31.5 Å². The smallest absolute Gasteiger partial charge is 0.348 e. The summed E-state index contributed by atoms with van der Waals surface area (Å²) in [5.74, 6) is -1.52. The Kier molecular flexibility index (Phi) is 8.31. The van der Waals surface area contributed by atoms with Gasteiger partial charge in [0.25, 0.3) is 0 Å². The molecule has 1 heterocycles. The molecule has 8 nitrogen and oxygen atoms in total. The van der Waals surface area contributed by atoms with Crippen molar-refractivity contribution in [3.63, 3.8) is 0 Å². The number of rotatable bonds is 7. The summed E-state index contributed by atoms with van der Waals surface area (Å²) >= 11 is 6.39. The second-order valence-electron chi connectivity index (χ2n) is 5.85. The molecule has 0 saturated heterocycles. The summed E-state index contributed by atoms with van der Waals surface area (Å²) in [6, 6.07) is 6.51. The van der Waals surface area contributed by atoms with Crippen LogP contribution in [0.15, 0.2) is 24.3 Å². The molecule has 0 aliphatic heterocycles. The van der Waals surface area contributed by atoms with Crippen LogP contribution in [0.2, 0.25) is 0 Å². The summed E-state index contributed by atoms with van der Waals surface area (Å²) in [5.41, 5.74) is 1.72. The number of carbonyl (C=O) groups excluding carboxylic acids is 3. The predicted octanol–water partition coefficient (Wildman–Crippen LogP) is 4.01. The molecule has 30 heavy (non-hydrogen) atoms. The molecule has 1 aromatic heterocycles. The van der Waals surface area contributed by atoms with E-state index >= 15 is 0 Å². The minimum atomic E-state index is -0.561. The number of carbonyl (C=O) groups is 3.